The van der Waals surface area contributed by atoms with Crippen LogP contribution in [0.1, 0.15) is 51.4 Å². The predicted octanol–water partition coefficient (Wildman–Crippen LogP) is 1.19. The number of amides is 1. The monoisotopic (exact) mass is 242 g/mol. The molecule has 1 aliphatic carbocycles. The van der Waals surface area contributed by atoms with Gasteiger partial charge in [-0.05, 0) is 25.8 Å². The third-order valence-electron chi connectivity index (χ3n) is 3.52. The van der Waals surface area contributed by atoms with Gasteiger partial charge in [0.05, 0.1) is 5.60 Å². The molecule has 0 bridgehead atoms. The maximum absolute atomic E-state index is 11.0. The van der Waals surface area contributed by atoms with Gasteiger partial charge in [0.2, 0.25) is 5.91 Å². The normalized spacial score (nSPS) is 19.6. The minimum Gasteiger partial charge on any atom is -0.389 e. The van der Waals surface area contributed by atoms with E-state index in [0.717, 1.165) is 38.6 Å². The zero-order chi connectivity index (χ0) is 12.6. The van der Waals surface area contributed by atoms with Gasteiger partial charge in [0.25, 0.3) is 0 Å². The number of hydrogen-bond donors (Lipinski definition) is 3. The van der Waals surface area contributed by atoms with Crippen molar-refractivity contribution < 1.29 is 9.90 Å². The average molecular weight is 242 g/mol. The molecule has 0 aromatic heterocycles. The Morgan fingerprint density at radius 3 is 2.47 bits per heavy atom. The maximum Gasteiger partial charge on any atom is 0.219 e. The lowest BCUT2D eigenvalue weighted by molar-refractivity contribution is -0.120. The Bertz CT molecular complexity index is 223. The van der Waals surface area contributed by atoms with Crippen LogP contribution in [0.25, 0.3) is 0 Å². The summed E-state index contributed by atoms with van der Waals surface area (Å²) >= 11 is 0. The van der Waals surface area contributed by atoms with E-state index in [4.69, 9.17) is 0 Å². The second-order valence-corrected chi connectivity index (χ2v) is 5.09. The van der Waals surface area contributed by atoms with Crippen molar-refractivity contribution in [2.24, 2.45) is 0 Å². The van der Waals surface area contributed by atoms with Gasteiger partial charge < -0.3 is 15.7 Å². The summed E-state index contributed by atoms with van der Waals surface area (Å²) < 4.78 is 0. The summed E-state index contributed by atoms with van der Waals surface area (Å²) in [5.41, 5.74) is -0.510. The summed E-state index contributed by atoms with van der Waals surface area (Å²) in [6.07, 6.45) is 7.98. The third-order valence-corrected chi connectivity index (χ3v) is 3.52. The fourth-order valence-electron chi connectivity index (χ4n) is 2.38. The summed E-state index contributed by atoms with van der Waals surface area (Å²) in [5.74, 6) is 0.0833. The van der Waals surface area contributed by atoms with Crippen molar-refractivity contribution in [2.45, 2.75) is 57.0 Å². The van der Waals surface area contributed by atoms with E-state index in [2.05, 4.69) is 10.6 Å². The third kappa shape index (κ3) is 6.03. The van der Waals surface area contributed by atoms with Crippen molar-refractivity contribution in [3.8, 4) is 0 Å². The molecule has 0 aliphatic heterocycles. The molecule has 0 radical (unpaired) electrons. The van der Waals surface area contributed by atoms with E-state index in [9.17, 15) is 9.90 Å². The van der Waals surface area contributed by atoms with Crippen LogP contribution in [0.15, 0.2) is 0 Å². The van der Waals surface area contributed by atoms with Gasteiger partial charge in [-0.15, -0.1) is 0 Å². The van der Waals surface area contributed by atoms with Crippen LogP contribution in [0.4, 0.5) is 0 Å². The number of carbonyl (C=O) groups is 1. The highest BCUT2D eigenvalue weighted by molar-refractivity contribution is 5.75. The molecule has 1 rings (SSSR count). The number of nitrogens with one attached hydrogen (secondary N) is 2. The van der Waals surface area contributed by atoms with E-state index in [-0.39, 0.29) is 5.91 Å². The van der Waals surface area contributed by atoms with Crippen LogP contribution in [0.3, 0.4) is 0 Å². The highest BCUT2D eigenvalue weighted by Crippen LogP contribution is 2.26. The summed E-state index contributed by atoms with van der Waals surface area (Å²) in [7, 11) is 1.66. The van der Waals surface area contributed by atoms with Crippen LogP contribution >= 0.6 is 0 Å². The van der Waals surface area contributed by atoms with Gasteiger partial charge in [0.1, 0.15) is 0 Å². The zero-order valence-corrected chi connectivity index (χ0v) is 10.9. The SMILES string of the molecule is CNC(=O)CCCNCC1(O)CCCCCC1. The van der Waals surface area contributed by atoms with E-state index in [0.29, 0.717) is 13.0 Å². The van der Waals surface area contributed by atoms with Gasteiger partial charge in [-0.3, -0.25) is 4.79 Å². The van der Waals surface area contributed by atoms with Crippen LogP contribution in [0.5, 0.6) is 0 Å². The fourth-order valence-corrected chi connectivity index (χ4v) is 2.38. The average Bonchev–Trinajstić information content (AvgIpc) is 2.54. The molecule has 3 N–H and O–H groups in total. The van der Waals surface area contributed by atoms with E-state index >= 15 is 0 Å². The first-order chi connectivity index (χ1) is 8.16. The molecule has 0 heterocycles. The molecule has 0 atom stereocenters. The predicted molar refractivity (Wildman–Crippen MR) is 68.8 cm³/mol. The highest BCUT2D eigenvalue weighted by atomic mass is 16.3. The van der Waals surface area contributed by atoms with Crippen molar-refractivity contribution in [1.82, 2.24) is 10.6 Å². The molecule has 0 unspecified atom stereocenters. The van der Waals surface area contributed by atoms with Crippen LogP contribution in [-0.2, 0) is 4.79 Å². The van der Waals surface area contributed by atoms with Gasteiger partial charge in [0, 0.05) is 20.0 Å². The fraction of sp³-hybridized carbons (Fsp3) is 0.923. The molecule has 1 aliphatic rings. The molecule has 0 saturated heterocycles. The zero-order valence-electron chi connectivity index (χ0n) is 10.9. The molecule has 0 spiro atoms. The van der Waals surface area contributed by atoms with Crippen molar-refractivity contribution in [1.29, 1.82) is 0 Å². The molecule has 4 nitrogen and oxygen atoms in total. The van der Waals surface area contributed by atoms with Gasteiger partial charge >= 0.3 is 0 Å². The molecule has 100 valence electrons. The Kier molecular flexibility index (Phi) is 6.52. The molecule has 1 saturated carbocycles. The summed E-state index contributed by atoms with van der Waals surface area (Å²) in [6, 6.07) is 0. The standard InChI is InChI=1S/C13H26N2O2/c1-14-12(16)7-6-10-15-11-13(17)8-4-2-3-5-9-13/h15,17H,2-11H2,1H3,(H,14,16). The molecule has 17 heavy (non-hydrogen) atoms. The number of aliphatic hydroxyl groups is 1. The molecular weight excluding hydrogens is 216 g/mol. The summed E-state index contributed by atoms with van der Waals surface area (Å²) in [4.78, 5) is 11.0. The molecule has 4 heteroatoms. The molecule has 0 aromatic rings. The van der Waals surface area contributed by atoms with Crippen molar-refractivity contribution in [3.63, 3.8) is 0 Å². The lowest BCUT2D eigenvalue weighted by atomic mass is 9.94. The second kappa shape index (κ2) is 7.67. The van der Waals surface area contributed by atoms with Gasteiger partial charge in [-0.1, -0.05) is 25.7 Å². The van der Waals surface area contributed by atoms with Crippen LogP contribution in [0, 0.1) is 0 Å². The van der Waals surface area contributed by atoms with E-state index in [1.54, 1.807) is 7.05 Å². The largest absolute Gasteiger partial charge is 0.389 e. The van der Waals surface area contributed by atoms with Crippen molar-refractivity contribution in [3.05, 3.63) is 0 Å². The lowest BCUT2D eigenvalue weighted by Crippen LogP contribution is -2.40. The Balaban J connectivity index is 2.10. The van der Waals surface area contributed by atoms with E-state index < -0.39 is 5.60 Å². The Hall–Kier alpha value is -0.610. The molecule has 0 aromatic carbocycles. The first kappa shape index (κ1) is 14.5. The van der Waals surface area contributed by atoms with E-state index in [1.807, 2.05) is 0 Å². The van der Waals surface area contributed by atoms with Crippen molar-refractivity contribution >= 4 is 5.91 Å². The van der Waals surface area contributed by atoms with Crippen LogP contribution in [-0.4, -0.2) is 36.8 Å². The quantitative estimate of drug-likeness (QED) is 0.484. The maximum atomic E-state index is 11.0. The Labute approximate surface area is 104 Å². The topological polar surface area (TPSA) is 61.4 Å². The number of carbonyl (C=O) groups excluding carboxylic acids is 1. The van der Waals surface area contributed by atoms with Crippen LogP contribution in [0.2, 0.25) is 0 Å². The molecule has 1 fully saturated rings. The number of rotatable bonds is 6. The Morgan fingerprint density at radius 2 is 1.88 bits per heavy atom. The minimum absolute atomic E-state index is 0.0833. The Morgan fingerprint density at radius 1 is 1.24 bits per heavy atom. The van der Waals surface area contributed by atoms with Gasteiger partial charge in [0.15, 0.2) is 0 Å². The van der Waals surface area contributed by atoms with Gasteiger partial charge in [-0.25, -0.2) is 0 Å². The first-order valence-corrected chi connectivity index (χ1v) is 6.80. The first-order valence-electron chi connectivity index (χ1n) is 6.80. The second-order valence-electron chi connectivity index (χ2n) is 5.09. The smallest absolute Gasteiger partial charge is 0.219 e. The van der Waals surface area contributed by atoms with Crippen LogP contribution < -0.4 is 10.6 Å². The molecular formula is C13H26N2O2. The van der Waals surface area contributed by atoms with E-state index in [1.165, 1.54) is 12.8 Å². The summed E-state index contributed by atoms with van der Waals surface area (Å²) in [6.45, 7) is 1.47. The highest BCUT2D eigenvalue weighted by Gasteiger charge is 2.27. The van der Waals surface area contributed by atoms with Gasteiger partial charge in [-0.2, -0.15) is 0 Å². The molecule has 1 amide bonds. The number of hydrogen-bond acceptors (Lipinski definition) is 3. The summed E-state index contributed by atoms with van der Waals surface area (Å²) in [5, 5.41) is 16.2. The lowest BCUT2D eigenvalue weighted by Gasteiger charge is -2.26. The minimum atomic E-state index is -0.510. The van der Waals surface area contributed by atoms with Crippen molar-refractivity contribution in [2.75, 3.05) is 20.1 Å².